The summed E-state index contributed by atoms with van der Waals surface area (Å²) in [6, 6.07) is 25.8. The van der Waals surface area contributed by atoms with Gasteiger partial charge in [0.1, 0.15) is 24.7 Å². The Kier molecular flexibility index (Phi) is 9.09. The molecule has 0 spiro atoms. The lowest BCUT2D eigenvalue weighted by molar-refractivity contribution is -0.143. The van der Waals surface area contributed by atoms with Crippen LogP contribution in [-0.2, 0) is 18.0 Å². The summed E-state index contributed by atoms with van der Waals surface area (Å²) >= 11 is 6.55. The van der Waals surface area contributed by atoms with Gasteiger partial charge in [0.15, 0.2) is 0 Å². The minimum Gasteiger partial charge on any atom is -0.481 e. The number of hydrogen-bond acceptors (Lipinski definition) is 7. The molecule has 0 unspecified atom stereocenters. The van der Waals surface area contributed by atoms with Crippen molar-refractivity contribution in [1.82, 2.24) is 4.98 Å². The van der Waals surface area contributed by atoms with E-state index in [9.17, 15) is 9.90 Å². The zero-order valence-corrected chi connectivity index (χ0v) is 23.6. The van der Waals surface area contributed by atoms with Crippen LogP contribution in [0.1, 0.15) is 30.4 Å². The van der Waals surface area contributed by atoms with E-state index in [4.69, 9.17) is 26.2 Å². The maximum atomic E-state index is 15.4. The van der Waals surface area contributed by atoms with Crippen molar-refractivity contribution in [2.75, 3.05) is 23.3 Å². The predicted molar refractivity (Wildman–Crippen MR) is 159 cm³/mol. The molecule has 0 atom stereocenters. The topological polar surface area (TPSA) is 104 Å². The first kappa shape index (κ1) is 29.2. The monoisotopic (exact) mass is 591 g/mol. The van der Waals surface area contributed by atoms with E-state index >= 15 is 4.39 Å². The van der Waals surface area contributed by atoms with Gasteiger partial charge < -0.3 is 29.9 Å². The highest BCUT2D eigenvalue weighted by molar-refractivity contribution is 6.33. The Balaban J connectivity index is 1.33. The van der Waals surface area contributed by atoms with E-state index in [1.54, 1.807) is 23.1 Å². The molecule has 1 saturated heterocycles. The highest BCUT2D eigenvalue weighted by Crippen LogP contribution is 2.38. The Hall–Kier alpha value is -4.34. The number of piperidine rings is 1. The molecule has 1 aromatic heterocycles. The van der Waals surface area contributed by atoms with Gasteiger partial charge in [0.05, 0.1) is 22.7 Å². The number of halogens is 2. The van der Waals surface area contributed by atoms with Gasteiger partial charge in [0.2, 0.25) is 11.8 Å². The number of nitrogens with zero attached hydrogens (tertiary/aromatic N) is 2. The van der Waals surface area contributed by atoms with Crippen LogP contribution in [0.2, 0.25) is 5.02 Å². The number of carboxylic acids is 1. The molecule has 4 aromatic rings. The molecular weight excluding hydrogens is 561 g/mol. The fourth-order valence-corrected chi connectivity index (χ4v) is 5.19. The van der Waals surface area contributed by atoms with Crippen LogP contribution in [0.4, 0.5) is 21.5 Å². The number of rotatable bonds is 11. The quantitative estimate of drug-likeness (QED) is 0.180. The Labute approximate surface area is 248 Å². The van der Waals surface area contributed by atoms with Gasteiger partial charge in [-0.15, -0.1) is 0 Å². The van der Waals surface area contributed by atoms with Crippen molar-refractivity contribution < 1.29 is 28.9 Å². The molecule has 8 nitrogen and oxygen atoms in total. The van der Waals surface area contributed by atoms with E-state index < -0.39 is 17.4 Å². The fraction of sp³-hybridized carbons (Fsp3) is 0.250. The van der Waals surface area contributed by atoms with Crippen molar-refractivity contribution in [2.45, 2.75) is 38.1 Å². The lowest BCUT2D eigenvalue weighted by Crippen LogP contribution is -2.46. The number of ether oxygens (including phenoxy) is 2. The second-order valence-electron chi connectivity index (χ2n) is 10.2. The van der Waals surface area contributed by atoms with Gasteiger partial charge in [0, 0.05) is 24.8 Å². The molecule has 2 heterocycles. The number of hydrogen-bond donors (Lipinski definition) is 3. The molecule has 0 bridgehead atoms. The third-order valence-electron chi connectivity index (χ3n) is 7.07. The molecule has 42 heavy (non-hydrogen) atoms. The molecule has 1 aliphatic heterocycles. The average Bonchev–Trinajstić information content (AvgIpc) is 2.97. The number of aliphatic carboxylic acids is 1. The molecule has 3 aromatic carbocycles. The number of carboxylic acid groups (broad SMARTS) is 1. The summed E-state index contributed by atoms with van der Waals surface area (Å²) in [5.41, 5.74) is 1.74. The first-order chi connectivity index (χ1) is 20.3. The van der Waals surface area contributed by atoms with E-state index in [-0.39, 0.29) is 55.5 Å². The molecule has 10 heteroatoms. The second-order valence-corrected chi connectivity index (χ2v) is 10.7. The minimum atomic E-state index is -1.31. The van der Waals surface area contributed by atoms with Crippen LogP contribution in [0.15, 0.2) is 84.9 Å². The molecule has 0 saturated carbocycles. The highest BCUT2D eigenvalue weighted by Gasteiger charge is 2.35. The Morgan fingerprint density at radius 3 is 2.17 bits per heavy atom. The lowest BCUT2D eigenvalue weighted by Gasteiger charge is -2.39. The van der Waals surface area contributed by atoms with Crippen molar-refractivity contribution in [3.63, 3.8) is 0 Å². The summed E-state index contributed by atoms with van der Waals surface area (Å²) in [7, 11) is 0. The SMILES string of the molecule is O=C(O)CC1(O)CCN(c2c(F)cc(Nc3ccc(OCc4ccccc4)nc3OCc3ccccc3)cc2Cl)CC1. The Bertz CT molecular complexity index is 1490. The molecule has 0 aliphatic carbocycles. The number of aliphatic hydroxyl groups is 1. The van der Waals surface area contributed by atoms with Crippen LogP contribution in [-0.4, -0.2) is 39.9 Å². The largest absolute Gasteiger partial charge is 0.481 e. The van der Waals surface area contributed by atoms with Gasteiger partial charge in [-0.3, -0.25) is 4.79 Å². The molecule has 1 fully saturated rings. The molecule has 3 N–H and O–H groups in total. The van der Waals surface area contributed by atoms with Crippen LogP contribution in [0, 0.1) is 5.82 Å². The van der Waals surface area contributed by atoms with E-state index in [2.05, 4.69) is 10.3 Å². The van der Waals surface area contributed by atoms with E-state index in [0.29, 0.717) is 23.9 Å². The molecular formula is C32H31ClFN3O5. The summed E-state index contributed by atoms with van der Waals surface area (Å²) in [6.07, 6.45) is 0.0435. The van der Waals surface area contributed by atoms with Crippen molar-refractivity contribution in [3.8, 4) is 11.8 Å². The van der Waals surface area contributed by atoms with Crippen LogP contribution in [0.25, 0.3) is 0 Å². The number of benzene rings is 3. The van der Waals surface area contributed by atoms with Gasteiger partial charge in [-0.2, -0.15) is 4.98 Å². The maximum absolute atomic E-state index is 15.4. The molecule has 0 radical (unpaired) electrons. The number of anilines is 3. The second kappa shape index (κ2) is 13.1. The van der Waals surface area contributed by atoms with Crippen LogP contribution < -0.4 is 19.7 Å². The van der Waals surface area contributed by atoms with Crippen LogP contribution >= 0.6 is 11.6 Å². The smallest absolute Gasteiger partial charge is 0.306 e. The lowest BCUT2D eigenvalue weighted by atomic mass is 9.88. The van der Waals surface area contributed by atoms with Gasteiger partial charge in [-0.05, 0) is 42.2 Å². The summed E-state index contributed by atoms with van der Waals surface area (Å²) in [5, 5.41) is 23.0. The van der Waals surface area contributed by atoms with Gasteiger partial charge in [0.25, 0.3) is 0 Å². The highest BCUT2D eigenvalue weighted by atomic mass is 35.5. The molecule has 0 amide bonds. The van der Waals surface area contributed by atoms with Gasteiger partial charge in [-0.1, -0.05) is 72.3 Å². The first-order valence-electron chi connectivity index (χ1n) is 13.6. The Morgan fingerprint density at radius 1 is 0.952 bits per heavy atom. The predicted octanol–water partition coefficient (Wildman–Crippen LogP) is 6.58. The molecule has 218 valence electrons. The normalized spacial score (nSPS) is 14.3. The Morgan fingerprint density at radius 2 is 1.57 bits per heavy atom. The fourth-order valence-electron chi connectivity index (χ4n) is 4.87. The zero-order valence-electron chi connectivity index (χ0n) is 22.8. The van der Waals surface area contributed by atoms with Crippen LogP contribution in [0.3, 0.4) is 0 Å². The third kappa shape index (κ3) is 7.48. The van der Waals surface area contributed by atoms with Crippen molar-refractivity contribution >= 4 is 34.6 Å². The summed E-state index contributed by atoms with van der Waals surface area (Å²) in [4.78, 5) is 17.4. The standard InChI is InChI=1S/C32H31ClFN3O5/c33-25-17-24(18-26(34)30(25)37-15-13-32(40,14-16-37)19-29(38)39)35-27-11-12-28(41-20-22-7-3-1-4-8-22)36-31(27)42-21-23-9-5-2-6-10-23/h1-12,17-18,35,40H,13-16,19-21H2,(H,38,39). The number of carbonyl (C=O) groups is 1. The third-order valence-corrected chi connectivity index (χ3v) is 7.36. The van der Waals surface area contributed by atoms with Gasteiger partial charge >= 0.3 is 5.97 Å². The summed E-state index contributed by atoms with van der Waals surface area (Å²) < 4.78 is 27.4. The zero-order chi connectivity index (χ0) is 29.5. The van der Waals surface area contributed by atoms with Crippen LogP contribution in [0.5, 0.6) is 11.8 Å². The number of pyridine rings is 1. The summed E-state index contributed by atoms with van der Waals surface area (Å²) in [6.45, 7) is 1.16. The number of aromatic nitrogens is 1. The van der Waals surface area contributed by atoms with E-state index in [0.717, 1.165) is 11.1 Å². The maximum Gasteiger partial charge on any atom is 0.306 e. The van der Waals surface area contributed by atoms with Gasteiger partial charge in [-0.25, -0.2) is 4.39 Å². The first-order valence-corrected chi connectivity index (χ1v) is 14.0. The average molecular weight is 592 g/mol. The molecule has 5 rings (SSSR count). The van der Waals surface area contributed by atoms with Crippen molar-refractivity contribution in [1.29, 1.82) is 0 Å². The van der Waals surface area contributed by atoms with Crippen molar-refractivity contribution in [2.24, 2.45) is 0 Å². The number of nitrogens with one attached hydrogen (secondary N) is 1. The van der Waals surface area contributed by atoms with Crippen molar-refractivity contribution in [3.05, 3.63) is 107 Å². The molecule has 1 aliphatic rings. The minimum absolute atomic E-state index is 0.184. The van der Waals surface area contributed by atoms with E-state index in [1.807, 2.05) is 60.7 Å². The summed E-state index contributed by atoms with van der Waals surface area (Å²) in [5.74, 6) is -0.960. The van der Waals surface area contributed by atoms with E-state index in [1.165, 1.54) is 6.07 Å².